The molecular formula is C16H18Cl2N2O2. The van der Waals surface area contributed by atoms with Crippen LogP contribution in [0.3, 0.4) is 0 Å². The molecule has 0 radical (unpaired) electrons. The lowest BCUT2D eigenvalue weighted by Gasteiger charge is -2.14. The summed E-state index contributed by atoms with van der Waals surface area (Å²) in [6, 6.07) is 5.07. The van der Waals surface area contributed by atoms with Crippen molar-refractivity contribution >= 4 is 41.1 Å². The van der Waals surface area contributed by atoms with Crippen LogP contribution in [0.25, 0.3) is 6.08 Å². The van der Waals surface area contributed by atoms with Crippen LogP contribution in [0, 0.1) is 0 Å². The van der Waals surface area contributed by atoms with Crippen molar-refractivity contribution in [3.8, 4) is 0 Å². The van der Waals surface area contributed by atoms with Crippen LogP contribution in [0.4, 0.5) is 0 Å². The Bertz CT molecular complexity index is 582. The second kappa shape index (κ2) is 8.20. The summed E-state index contributed by atoms with van der Waals surface area (Å²) >= 11 is 11.8. The maximum atomic E-state index is 11.8. The van der Waals surface area contributed by atoms with Crippen LogP contribution in [0.5, 0.6) is 0 Å². The monoisotopic (exact) mass is 340 g/mol. The third-order valence-electron chi connectivity index (χ3n) is 3.47. The molecule has 2 rings (SSSR count). The normalized spacial score (nSPS) is 14.5. The van der Waals surface area contributed by atoms with Gasteiger partial charge in [0.1, 0.15) is 0 Å². The minimum absolute atomic E-state index is 0.0996. The van der Waals surface area contributed by atoms with E-state index in [1.165, 1.54) is 6.08 Å². The molecule has 2 amide bonds. The number of hydrogen-bond donors (Lipinski definition) is 1. The van der Waals surface area contributed by atoms with Crippen molar-refractivity contribution in [3.05, 3.63) is 39.9 Å². The molecule has 0 bridgehead atoms. The average Bonchev–Trinajstić information content (AvgIpc) is 3.00. The summed E-state index contributed by atoms with van der Waals surface area (Å²) in [6.45, 7) is 2.01. The zero-order valence-electron chi connectivity index (χ0n) is 12.1. The molecule has 0 aromatic heterocycles. The van der Waals surface area contributed by atoms with E-state index >= 15 is 0 Å². The maximum absolute atomic E-state index is 11.8. The van der Waals surface area contributed by atoms with Gasteiger partial charge in [0.05, 0.1) is 0 Å². The van der Waals surface area contributed by atoms with Crippen molar-refractivity contribution in [1.82, 2.24) is 10.2 Å². The van der Waals surface area contributed by atoms with E-state index in [0.717, 1.165) is 25.9 Å². The topological polar surface area (TPSA) is 49.4 Å². The number of carbonyl (C=O) groups is 2. The Kier molecular flexibility index (Phi) is 6.28. The average molecular weight is 341 g/mol. The zero-order valence-corrected chi connectivity index (χ0v) is 13.7. The molecule has 0 spiro atoms. The van der Waals surface area contributed by atoms with Crippen molar-refractivity contribution < 1.29 is 9.59 Å². The smallest absolute Gasteiger partial charge is 0.244 e. The minimum Gasteiger partial charge on any atom is -0.352 e. The van der Waals surface area contributed by atoms with Crippen molar-refractivity contribution in [2.45, 2.75) is 19.3 Å². The molecule has 1 aromatic rings. The highest BCUT2D eigenvalue weighted by atomic mass is 35.5. The van der Waals surface area contributed by atoms with E-state index in [1.54, 1.807) is 24.3 Å². The highest BCUT2D eigenvalue weighted by Gasteiger charge is 2.17. The molecule has 0 saturated carbocycles. The van der Waals surface area contributed by atoms with E-state index in [9.17, 15) is 9.59 Å². The Morgan fingerprint density at radius 2 is 1.95 bits per heavy atom. The van der Waals surface area contributed by atoms with Crippen LogP contribution in [0.2, 0.25) is 10.0 Å². The fourth-order valence-electron chi connectivity index (χ4n) is 2.28. The number of benzene rings is 1. The predicted molar refractivity (Wildman–Crippen MR) is 88.9 cm³/mol. The van der Waals surface area contributed by atoms with Gasteiger partial charge in [0.25, 0.3) is 0 Å². The van der Waals surface area contributed by atoms with Gasteiger partial charge in [0.15, 0.2) is 0 Å². The Hall–Kier alpha value is -1.52. The first-order valence-electron chi connectivity index (χ1n) is 7.25. The molecule has 1 aliphatic heterocycles. The molecule has 0 atom stereocenters. The quantitative estimate of drug-likeness (QED) is 0.837. The van der Waals surface area contributed by atoms with Gasteiger partial charge in [-0.1, -0.05) is 29.3 Å². The van der Waals surface area contributed by atoms with Gasteiger partial charge in [-0.2, -0.15) is 0 Å². The molecule has 0 aliphatic carbocycles. The van der Waals surface area contributed by atoms with Crippen LogP contribution in [-0.4, -0.2) is 36.3 Å². The van der Waals surface area contributed by atoms with E-state index in [0.29, 0.717) is 28.6 Å². The van der Waals surface area contributed by atoms with Crippen molar-refractivity contribution in [1.29, 1.82) is 0 Å². The van der Waals surface area contributed by atoms with Crippen molar-refractivity contribution in [3.63, 3.8) is 0 Å². The van der Waals surface area contributed by atoms with Crippen LogP contribution in [-0.2, 0) is 9.59 Å². The summed E-state index contributed by atoms with van der Waals surface area (Å²) in [6.07, 6.45) is 5.50. The summed E-state index contributed by atoms with van der Waals surface area (Å²) in [7, 11) is 0. The second-order valence-electron chi connectivity index (χ2n) is 5.13. The SMILES string of the molecule is O=C(/C=C/c1ccc(Cl)cc1Cl)NCCC(=O)N1CCCC1. The first kappa shape index (κ1) is 16.8. The molecule has 6 heteroatoms. The highest BCUT2D eigenvalue weighted by molar-refractivity contribution is 6.35. The van der Waals surface area contributed by atoms with Crippen molar-refractivity contribution in [2.24, 2.45) is 0 Å². The minimum atomic E-state index is -0.250. The van der Waals surface area contributed by atoms with Gasteiger partial charge < -0.3 is 10.2 Å². The van der Waals surface area contributed by atoms with Crippen LogP contribution in [0.1, 0.15) is 24.8 Å². The Balaban J connectivity index is 1.75. The summed E-state index contributed by atoms with van der Waals surface area (Å²) in [5.74, 6) is -0.150. The Morgan fingerprint density at radius 3 is 2.64 bits per heavy atom. The fraction of sp³-hybridized carbons (Fsp3) is 0.375. The third-order valence-corrected chi connectivity index (χ3v) is 4.04. The van der Waals surface area contributed by atoms with Gasteiger partial charge in [-0.15, -0.1) is 0 Å². The largest absolute Gasteiger partial charge is 0.352 e. The molecule has 118 valence electrons. The number of hydrogen-bond acceptors (Lipinski definition) is 2. The van der Waals surface area contributed by atoms with E-state index < -0.39 is 0 Å². The van der Waals surface area contributed by atoms with Crippen LogP contribution < -0.4 is 5.32 Å². The summed E-state index contributed by atoms with van der Waals surface area (Å²) in [5.41, 5.74) is 0.717. The molecular weight excluding hydrogens is 323 g/mol. The number of halogens is 2. The number of carbonyl (C=O) groups excluding carboxylic acids is 2. The van der Waals surface area contributed by atoms with Gasteiger partial charge >= 0.3 is 0 Å². The van der Waals surface area contributed by atoms with Gasteiger partial charge in [0.2, 0.25) is 11.8 Å². The molecule has 1 N–H and O–H groups in total. The molecule has 1 aliphatic rings. The standard InChI is InChI=1S/C16H18Cl2N2O2/c17-13-5-3-12(14(18)11-13)4-6-15(21)19-8-7-16(22)20-9-1-2-10-20/h3-6,11H,1-2,7-10H2,(H,19,21)/b6-4+. The Morgan fingerprint density at radius 1 is 1.23 bits per heavy atom. The van der Waals surface area contributed by atoms with E-state index in [4.69, 9.17) is 23.2 Å². The van der Waals surface area contributed by atoms with Crippen LogP contribution >= 0.6 is 23.2 Å². The third kappa shape index (κ3) is 5.04. The summed E-state index contributed by atoms with van der Waals surface area (Å²) in [5, 5.41) is 3.73. The first-order chi connectivity index (χ1) is 10.6. The number of rotatable bonds is 5. The molecule has 0 unspecified atom stereocenters. The lowest BCUT2D eigenvalue weighted by atomic mass is 10.2. The molecule has 1 saturated heterocycles. The fourth-order valence-corrected chi connectivity index (χ4v) is 2.75. The molecule has 22 heavy (non-hydrogen) atoms. The number of nitrogens with one attached hydrogen (secondary N) is 1. The van der Waals surface area contributed by atoms with Gasteiger partial charge in [-0.05, 0) is 36.6 Å². The zero-order chi connectivity index (χ0) is 15.9. The number of likely N-dealkylation sites (tertiary alicyclic amines) is 1. The lowest BCUT2D eigenvalue weighted by Crippen LogP contribution is -2.32. The highest BCUT2D eigenvalue weighted by Crippen LogP contribution is 2.21. The van der Waals surface area contributed by atoms with Gasteiger partial charge in [-0.25, -0.2) is 0 Å². The van der Waals surface area contributed by atoms with E-state index in [-0.39, 0.29) is 11.8 Å². The number of nitrogens with zero attached hydrogens (tertiary/aromatic N) is 1. The van der Waals surface area contributed by atoms with E-state index in [1.807, 2.05) is 4.90 Å². The van der Waals surface area contributed by atoms with Crippen molar-refractivity contribution in [2.75, 3.05) is 19.6 Å². The molecule has 1 heterocycles. The van der Waals surface area contributed by atoms with E-state index in [2.05, 4.69) is 5.32 Å². The van der Waals surface area contributed by atoms with Gasteiger partial charge in [0, 0.05) is 42.2 Å². The first-order valence-corrected chi connectivity index (χ1v) is 8.00. The molecule has 1 fully saturated rings. The Labute approximate surface area is 140 Å². The summed E-state index contributed by atoms with van der Waals surface area (Å²) in [4.78, 5) is 25.4. The maximum Gasteiger partial charge on any atom is 0.244 e. The number of amides is 2. The second-order valence-corrected chi connectivity index (χ2v) is 5.97. The predicted octanol–water partition coefficient (Wildman–Crippen LogP) is 3.14. The molecule has 1 aromatic carbocycles. The molecule has 4 nitrogen and oxygen atoms in total. The van der Waals surface area contributed by atoms with Crippen LogP contribution in [0.15, 0.2) is 24.3 Å². The summed E-state index contributed by atoms with van der Waals surface area (Å²) < 4.78 is 0. The van der Waals surface area contributed by atoms with Gasteiger partial charge in [-0.3, -0.25) is 9.59 Å². The lowest BCUT2D eigenvalue weighted by molar-refractivity contribution is -0.130.